The minimum absolute atomic E-state index is 0. The molecule has 0 aromatic rings. The van der Waals surface area contributed by atoms with Gasteiger partial charge in [0, 0.05) is 0 Å². The molecule has 0 radical (unpaired) electrons. The van der Waals surface area contributed by atoms with E-state index in [4.69, 9.17) is 8.67 Å². The maximum absolute atomic E-state index is 9.62. The summed E-state index contributed by atoms with van der Waals surface area (Å²) in [5.74, 6) is 0. The molecule has 0 atom stereocenters. The first-order valence-corrected chi connectivity index (χ1v) is 2.25. The van der Waals surface area contributed by atoms with Crippen molar-refractivity contribution in [2.45, 2.75) is 0 Å². The van der Waals surface area contributed by atoms with Crippen molar-refractivity contribution in [2.24, 2.45) is 0 Å². The molecule has 0 aliphatic rings. The Hall–Kier alpha value is -0.170. The molecule has 0 aromatic heterocycles. The molecule has 6 heteroatoms. The molecule has 0 saturated carbocycles. The first kappa shape index (κ1) is 3.79. The molecule has 0 rings (SSSR count). The summed E-state index contributed by atoms with van der Waals surface area (Å²) in [5.41, 5.74) is 0. The largest absolute Gasteiger partial charge is 0.412 e. The van der Waals surface area contributed by atoms with E-state index in [1.165, 1.54) is 0 Å². The molecule has 0 aliphatic heterocycles. The molecule has 0 bridgehead atoms. The van der Waals surface area contributed by atoms with E-state index in [0.717, 1.165) is 0 Å². The third-order valence-corrected chi connectivity index (χ3v) is 0.316. The van der Waals surface area contributed by atoms with Gasteiger partial charge in [-0.3, -0.25) is 8.74 Å². The molecule has 0 unspecified atom stereocenters. The van der Waals surface area contributed by atoms with E-state index in [1.807, 2.05) is 0 Å². The Bertz CT molecular complexity index is 178. The maximum Gasteiger partial charge on any atom is 0.397 e. The van der Waals surface area contributed by atoms with Crippen LogP contribution in [0.1, 0.15) is 4.11 Å². The number of rotatable bonds is 1. The van der Waals surface area contributed by atoms with Gasteiger partial charge in [-0.15, -0.1) is 0 Å². The van der Waals surface area contributed by atoms with Crippen molar-refractivity contribution in [3.05, 3.63) is 0 Å². The standard InChI is InChI=1S/CH4O4S.H2O/c1-5-6(2,3)4;/h1H3,(H,2,3,4);1H2/i1D3;. The summed E-state index contributed by atoms with van der Waals surface area (Å²) >= 11 is 0. The van der Waals surface area contributed by atoms with Crippen molar-refractivity contribution in [3.63, 3.8) is 0 Å². The first-order valence-electron chi connectivity index (χ1n) is 2.39. The fourth-order valence-corrected chi connectivity index (χ4v) is 0. The summed E-state index contributed by atoms with van der Waals surface area (Å²) in [6.45, 7) is 0. The van der Waals surface area contributed by atoms with Crippen LogP contribution in [0.15, 0.2) is 0 Å². The highest BCUT2D eigenvalue weighted by atomic mass is 32.3. The number of hydrogen-bond acceptors (Lipinski definition) is 3. The van der Waals surface area contributed by atoms with Gasteiger partial charge in [0.2, 0.25) is 0 Å². The van der Waals surface area contributed by atoms with Crippen LogP contribution in [0, 0.1) is 0 Å². The fraction of sp³-hybridized carbons (Fsp3) is 1.00. The van der Waals surface area contributed by atoms with Crippen LogP contribution >= 0.6 is 0 Å². The van der Waals surface area contributed by atoms with E-state index < -0.39 is 17.4 Å². The fourth-order valence-electron chi connectivity index (χ4n) is 0. The summed E-state index contributed by atoms with van der Waals surface area (Å²) < 4.78 is 48.6. The predicted octanol–water partition coefficient (Wildman–Crippen LogP) is -1.39. The van der Waals surface area contributed by atoms with E-state index in [-0.39, 0.29) is 5.48 Å². The van der Waals surface area contributed by atoms with E-state index in [0.29, 0.717) is 0 Å². The van der Waals surface area contributed by atoms with E-state index in [2.05, 4.69) is 4.18 Å². The van der Waals surface area contributed by atoms with Gasteiger partial charge in [0.1, 0.15) is 0 Å². The van der Waals surface area contributed by atoms with Gasteiger partial charge in [-0.25, -0.2) is 0 Å². The average Bonchev–Trinajstić information content (AvgIpc) is 1.14. The monoisotopic (exact) mass is 133 g/mol. The van der Waals surface area contributed by atoms with Crippen molar-refractivity contribution in [2.75, 3.05) is 7.04 Å². The minimum atomic E-state index is -4.84. The van der Waals surface area contributed by atoms with Gasteiger partial charge in [0.15, 0.2) is 0 Å². The third kappa shape index (κ3) is 10.7. The molecule has 0 amide bonds. The van der Waals surface area contributed by atoms with E-state index in [9.17, 15) is 8.42 Å². The zero-order chi connectivity index (χ0) is 7.71. The SMILES string of the molecule is O.[2H]C([2H])([2H])OS(=O)(=O)O. The highest BCUT2D eigenvalue weighted by Gasteiger charge is 1.93. The Labute approximate surface area is 45.4 Å². The Morgan fingerprint density at radius 2 is 2.29 bits per heavy atom. The molecule has 7 heavy (non-hydrogen) atoms. The summed E-state index contributed by atoms with van der Waals surface area (Å²) in [4.78, 5) is 0. The highest BCUT2D eigenvalue weighted by molar-refractivity contribution is 7.80. The van der Waals surface area contributed by atoms with Crippen molar-refractivity contribution in [1.82, 2.24) is 0 Å². The van der Waals surface area contributed by atoms with Gasteiger partial charge >= 0.3 is 10.4 Å². The lowest BCUT2D eigenvalue weighted by atomic mass is 11.8. The lowest BCUT2D eigenvalue weighted by Crippen LogP contribution is -1.96. The minimum Gasteiger partial charge on any atom is -0.412 e. The van der Waals surface area contributed by atoms with Crippen LogP contribution in [0.4, 0.5) is 0 Å². The Balaban J connectivity index is 0. The Morgan fingerprint density at radius 3 is 2.29 bits per heavy atom. The van der Waals surface area contributed by atoms with Crippen molar-refractivity contribution < 1.29 is 26.7 Å². The molecule has 0 saturated heterocycles. The predicted molar refractivity (Wildman–Crippen MR) is 22.2 cm³/mol. The van der Waals surface area contributed by atoms with Crippen molar-refractivity contribution in [1.29, 1.82) is 0 Å². The molecule has 0 aromatic carbocycles. The second kappa shape index (κ2) is 2.92. The number of hydrogen-bond donors (Lipinski definition) is 1. The third-order valence-electron chi connectivity index (χ3n) is 0.105. The van der Waals surface area contributed by atoms with E-state index >= 15 is 0 Å². The summed E-state index contributed by atoms with van der Waals surface area (Å²) in [5, 5.41) is 0. The van der Waals surface area contributed by atoms with Gasteiger partial charge in [-0.2, -0.15) is 8.42 Å². The second-order valence-electron chi connectivity index (χ2n) is 0.511. The molecular formula is CH6O5S. The second-order valence-corrected chi connectivity index (χ2v) is 1.53. The molecule has 3 N–H and O–H groups in total. The van der Waals surface area contributed by atoms with Crippen LogP contribution in [0.25, 0.3) is 0 Å². The van der Waals surface area contributed by atoms with Gasteiger partial charge < -0.3 is 5.48 Å². The molecule has 0 aliphatic carbocycles. The maximum atomic E-state index is 9.62. The van der Waals surface area contributed by atoms with Gasteiger partial charge in [-0.05, 0) is 0 Å². The molecule has 5 nitrogen and oxygen atoms in total. The van der Waals surface area contributed by atoms with Crippen LogP contribution in [0.3, 0.4) is 0 Å². The lowest BCUT2D eigenvalue weighted by Gasteiger charge is -1.82. The van der Waals surface area contributed by atoms with Crippen LogP contribution in [0.5, 0.6) is 0 Å². The summed E-state index contributed by atoms with van der Waals surface area (Å²) in [6, 6.07) is 0. The lowest BCUT2D eigenvalue weighted by molar-refractivity contribution is 0.324. The van der Waals surface area contributed by atoms with Gasteiger partial charge in [0.25, 0.3) is 0 Å². The Morgan fingerprint density at radius 1 is 1.86 bits per heavy atom. The van der Waals surface area contributed by atoms with Gasteiger partial charge in [-0.1, -0.05) is 0 Å². The van der Waals surface area contributed by atoms with Crippen LogP contribution < -0.4 is 0 Å². The molecule has 0 heterocycles. The van der Waals surface area contributed by atoms with Crippen molar-refractivity contribution in [3.8, 4) is 0 Å². The van der Waals surface area contributed by atoms with Crippen molar-refractivity contribution >= 4 is 10.4 Å². The summed E-state index contributed by atoms with van der Waals surface area (Å²) in [7, 11) is -7.95. The van der Waals surface area contributed by atoms with E-state index in [1.54, 1.807) is 0 Å². The van der Waals surface area contributed by atoms with Gasteiger partial charge in [0.05, 0.1) is 11.2 Å². The molecule has 0 spiro atoms. The topological polar surface area (TPSA) is 95.1 Å². The van der Waals surface area contributed by atoms with Crippen LogP contribution in [-0.2, 0) is 14.6 Å². The Kier molecular flexibility index (Phi) is 1.58. The highest BCUT2D eigenvalue weighted by Crippen LogP contribution is 1.74. The average molecular weight is 133 g/mol. The zero-order valence-corrected chi connectivity index (χ0v) is 3.90. The molecular weight excluding hydrogens is 124 g/mol. The first-order chi connectivity index (χ1) is 3.71. The molecule has 46 valence electrons. The zero-order valence-electron chi connectivity index (χ0n) is 6.08. The van der Waals surface area contributed by atoms with Crippen LogP contribution in [-0.4, -0.2) is 25.5 Å². The quantitative estimate of drug-likeness (QED) is 0.445. The molecule has 0 fully saturated rings. The van der Waals surface area contributed by atoms with Crippen LogP contribution in [0.2, 0.25) is 0 Å². The smallest absolute Gasteiger partial charge is 0.397 e. The summed E-state index contributed by atoms with van der Waals surface area (Å²) in [6.07, 6.45) is 0. The normalized spacial score (nSPS) is 18.1.